The fourth-order valence-electron chi connectivity index (χ4n) is 2.30. The van der Waals surface area contributed by atoms with Crippen LogP contribution in [0.15, 0.2) is 48.5 Å². The van der Waals surface area contributed by atoms with Crippen molar-refractivity contribution in [3.8, 4) is 5.75 Å². The summed E-state index contributed by atoms with van der Waals surface area (Å²) < 4.78 is 10.4. The van der Waals surface area contributed by atoms with Crippen molar-refractivity contribution in [3.63, 3.8) is 0 Å². The number of rotatable bonds is 8. The highest BCUT2D eigenvalue weighted by Gasteiger charge is 2.11. The Hall–Kier alpha value is -2.53. The highest BCUT2D eigenvalue weighted by molar-refractivity contribution is 6.31. The molecule has 0 saturated carbocycles. The van der Waals surface area contributed by atoms with Crippen molar-refractivity contribution in [2.45, 2.75) is 26.3 Å². The lowest BCUT2D eigenvalue weighted by molar-refractivity contribution is -0.150. The molecule has 0 aromatic heterocycles. The first-order chi connectivity index (χ1) is 12.5. The van der Waals surface area contributed by atoms with E-state index in [-0.39, 0.29) is 25.7 Å². The molecule has 0 unspecified atom stereocenters. The van der Waals surface area contributed by atoms with Crippen molar-refractivity contribution < 1.29 is 19.1 Å². The molecule has 0 fully saturated rings. The van der Waals surface area contributed by atoms with Gasteiger partial charge in [0.2, 0.25) is 0 Å². The van der Waals surface area contributed by atoms with Crippen LogP contribution < -0.4 is 10.1 Å². The normalized spacial score (nSPS) is 10.5. The Morgan fingerprint density at radius 2 is 1.73 bits per heavy atom. The second kappa shape index (κ2) is 9.82. The molecule has 0 aliphatic carbocycles. The Labute approximate surface area is 158 Å². The van der Waals surface area contributed by atoms with Crippen molar-refractivity contribution in [1.29, 1.82) is 0 Å². The molecule has 6 heteroatoms. The number of para-hydroxylation sites is 1. The zero-order valence-electron chi connectivity index (χ0n) is 14.8. The summed E-state index contributed by atoms with van der Waals surface area (Å²) in [6.45, 7) is 3.75. The second-order valence-corrected chi connectivity index (χ2v) is 6.42. The fourth-order valence-corrected chi connectivity index (χ4v) is 2.50. The zero-order chi connectivity index (χ0) is 18.9. The van der Waals surface area contributed by atoms with Gasteiger partial charge in [0.05, 0.1) is 0 Å². The minimum atomic E-state index is -0.601. The molecular formula is C20H22ClNO4. The molecule has 2 aromatic rings. The van der Waals surface area contributed by atoms with Crippen molar-refractivity contribution in [3.05, 3.63) is 64.7 Å². The standard InChI is InChI=1S/C20H22ClNO4/c1-14(2)16-8-4-6-10-18(16)25-13-20(24)26-12-19(23)22-11-15-7-3-5-9-17(15)21/h3-10,14H,11-13H2,1-2H3,(H,22,23). The van der Waals surface area contributed by atoms with E-state index in [1.165, 1.54) is 0 Å². The minimum Gasteiger partial charge on any atom is -0.482 e. The molecular weight excluding hydrogens is 354 g/mol. The highest BCUT2D eigenvalue weighted by Crippen LogP contribution is 2.25. The van der Waals surface area contributed by atoms with Gasteiger partial charge in [-0.25, -0.2) is 4.79 Å². The van der Waals surface area contributed by atoms with Gasteiger partial charge in [0.15, 0.2) is 13.2 Å². The SMILES string of the molecule is CC(C)c1ccccc1OCC(=O)OCC(=O)NCc1ccccc1Cl. The van der Waals surface area contributed by atoms with Gasteiger partial charge in [-0.2, -0.15) is 0 Å². The van der Waals surface area contributed by atoms with Crippen LogP contribution in [-0.2, 0) is 20.9 Å². The third-order valence-electron chi connectivity index (χ3n) is 3.68. The topological polar surface area (TPSA) is 64.6 Å². The van der Waals surface area contributed by atoms with E-state index in [1.807, 2.05) is 50.2 Å². The molecule has 2 rings (SSSR count). The Morgan fingerprint density at radius 3 is 2.46 bits per heavy atom. The lowest BCUT2D eigenvalue weighted by Gasteiger charge is -2.13. The molecule has 0 heterocycles. The largest absolute Gasteiger partial charge is 0.482 e. The Bertz CT molecular complexity index is 761. The Morgan fingerprint density at radius 1 is 1.04 bits per heavy atom. The molecule has 5 nitrogen and oxygen atoms in total. The van der Waals surface area contributed by atoms with E-state index in [1.54, 1.807) is 12.1 Å². The smallest absolute Gasteiger partial charge is 0.344 e. The van der Waals surface area contributed by atoms with Crippen LogP contribution in [0, 0.1) is 0 Å². The molecule has 0 aliphatic rings. The van der Waals surface area contributed by atoms with Crippen molar-refractivity contribution in [2.24, 2.45) is 0 Å². The van der Waals surface area contributed by atoms with E-state index in [0.29, 0.717) is 10.8 Å². The van der Waals surface area contributed by atoms with E-state index in [2.05, 4.69) is 5.32 Å². The predicted molar refractivity (Wildman–Crippen MR) is 100 cm³/mol. The molecule has 0 radical (unpaired) electrons. The highest BCUT2D eigenvalue weighted by atomic mass is 35.5. The van der Waals surface area contributed by atoms with Crippen LogP contribution in [0.1, 0.15) is 30.9 Å². The number of ether oxygens (including phenoxy) is 2. The maximum Gasteiger partial charge on any atom is 0.344 e. The van der Waals surface area contributed by atoms with Gasteiger partial charge in [0.25, 0.3) is 5.91 Å². The van der Waals surface area contributed by atoms with Crippen LogP contribution in [-0.4, -0.2) is 25.1 Å². The minimum absolute atomic E-state index is 0.248. The molecule has 0 saturated heterocycles. The van der Waals surface area contributed by atoms with E-state index in [9.17, 15) is 9.59 Å². The number of carbonyl (C=O) groups is 2. The lowest BCUT2D eigenvalue weighted by Crippen LogP contribution is -2.29. The number of benzene rings is 2. The molecule has 0 aliphatic heterocycles. The number of amides is 1. The average molecular weight is 376 g/mol. The third kappa shape index (κ3) is 6.08. The molecule has 0 bridgehead atoms. The van der Waals surface area contributed by atoms with E-state index in [0.717, 1.165) is 11.1 Å². The summed E-state index contributed by atoms with van der Waals surface area (Å²) in [5.41, 5.74) is 1.81. The monoisotopic (exact) mass is 375 g/mol. The maximum atomic E-state index is 11.8. The fraction of sp³-hybridized carbons (Fsp3) is 0.300. The van der Waals surface area contributed by atoms with Crippen molar-refractivity contribution >= 4 is 23.5 Å². The first kappa shape index (κ1) is 19.8. The Kier molecular flexibility index (Phi) is 7.48. The van der Waals surface area contributed by atoms with Crippen LogP contribution >= 0.6 is 11.6 Å². The predicted octanol–water partition coefficient (Wildman–Crippen LogP) is 3.70. The average Bonchev–Trinajstić information content (AvgIpc) is 2.64. The molecule has 1 amide bonds. The first-order valence-corrected chi connectivity index (χ1v) is 8.72. The number of hydrogen-bond donors (Lipinski definition) is 1. The number of hydrogen-bond acceptors (Lipinski definition) is 4. The van der Waals surface area contributed by atoms with E-state index >= 15 is 0 Å². The first-order valence-electron chi connectivity index (χ1n) is 8.35. The van der Waals surface area contributed by atoms with E-state index in [4.69, 9.17) is 21.1 Å². The van der Waals surface area contributed by atoms with Crippen molar-refractivity contribution in [2.75, 3.05) is 13.2 Å². The molecule has 26 heavy (non-hydrogen) atoms. The zero-order valence-corrected chi connectivity index (χ0v) is 15.6. The summed E-state index contributed by atoms with van der Waals surface area (Å²) in [7, 11) is 0. The van der Waals surface area contributed by atoms with Crippen LogP contribution in [0.4, 0.5) is 0 Å². The van der Waals surface area contributed by atoms with Crippen LogP contribution in [0.25, 0.3) is 0 Å². The number of halogens is 1. The molecule has 0 spiro atoms. The van der Waals surface area contributed by atoms with Gasteiger partial charge in [-0.3, -0.25) is 4.79 Å². The van der Waals surface area contributed by atoms with Gasteiger partial charge >= 0.3 is 5.97 Å². The van der Waals surface area contributed by atoms with Crippen LogP contribution in [0.5, 0.6) is 5.75 Å². The molecule has 1 N–H and O–H groups in total. The third-order valence-corrected chi connectivity index (χ3v) is 4.05. The van der Waals surface area contributed by atoms with Gasteiger partial charge in [-0.15, -0.1) is 0 Å². The number of esters is 1. The molecule has 138 valence electrons. The van der Waals surface area contributed by atoms with Crippen molar-refractivity contribution in [1.82, 2.24) is 5.32 Å². The summed E-state index contributed by atoms with van der Waals surface area (Å²) in [5, 5.41) is 3.22. The summed E-state index contributed by atoms with van der Waals surface area (Å²) >= 11 is 6.02. The van der Waals surface area contributed by atoms with Gasteiger partial charge in [0.1, 0.15) is 5.75 Å². The van der Waals surface area contributed by atoms with Gasteiger partial charge in [0, 0.05) is 11.6 Å². The van der Waals surface area contributed by atoms with Gasteiger partial charge in [-0.05, 0) is 29.2 Å². The van der Waals surface area contributed by atoms with Crippen LogP contribution in [0.2, 0.25) is 5.02 Å². The summed E-state index contributed by atoms with van der Waals surface area (Å²) in [5.74, 6) is -0.0854. The lowest BCUT2D eigenvalue weighted by atomic mass is 10.0. The molecule has 0 atom stereocenters. The van der Waals surface area contributed by atoms with Gasteiger partial charge < -0.3 is 14.8 Å². The quantitative estimate of drug-likeness (QED) is 0.714. The molecule has 2 aromatic carbocycles. The second-order valence-electron chi connectivity index (χ2n) is 6.01. The maximum absolute atomic E-state index is 11.8. The number of nitrogens with one attached hydrogen (secondary N) is 1. The number of carbonyl (C=O) groups excluding carboxylic acids is 2. The summed E-state index contributed by atoms with van der Waals surface area (Å²) in [6.07, 6.45) is 0. The summed E-state index contributed by atoms with van der Waals surface area (Å²) in [6, 6.07) is 14.7. The van der Waals surface area contributed by atoms with Crippen LogP contribution in [0.3, 0.4) is 0 Å². The Balaban J connectivity index is 1.73. The van der Waals surface area contributed by atoms with E-state index < -0.39 is 11.9 Å². The summed E-state index contributed by atoms with van der Waals surface area (Å²) in [4.78, 5) is 23.6. The van der Waals surface area contributed by atoms with Gasteiger partial charge in [-0.1, -0.05) is 61.8 Å².